The van der Waals surface area contributed by atoms with Crippen LogP contribution in [0.3, 0.4) is 0 Å². The molecule has 0 aliphatic rings. The normalized spacial score (nSPS) is 11.4. The van der Waals surface area contributed by atoms with Crippen LogP contribution in [0.25, 0.3) is 0 Å². The third-order valence-corrected chi connectivity index (χ3v) is 1.30. The first kappa shape index (κ1) is 9.70. The first-order valence-corrected chi connectivity index (χ1v) is 3.35. The topological polar surface area (TPSA) is 44.1 Å². The van der Waals surface area contributed by atoms with E-state index < -0.39 is 5.92 Å². The van der Waals surface area contributed by atoms with Crippen molar-refractivity contribution in [3.05, 3.63) is 12.7 Å². The quantitative estimate of drug-likeness (QED) is 0.561. The van der Waals surface area contributed by atoms with E-state index in [9.17, 15) is 4.79 Å². The molecule has 11 heavy (non-hydrogen) atoms. The molecule has 0 heterocycles. The molecule has 0 saturated heterocycles. The number of hydrogen-bond acceptors (Lipinski definition) is 2. The van der Waals surface area contributed by atoms with Crippen LogP contribution in [0.1, 0.15) is 6.42 Å². The Hall–Kier alpha value is -1.30. The summed E-state index contributed by atoms with van der Waals surface area (Å²) in [7, 11) is 3.27. The van der Waals surface area contributed by atoms with Gasteiger partial charge in [-0.2, -0.15) is 5.26 Å². The van der Waals surface area contributed by atoms with E-state index in [0.29, 0.717) is 6.42 Å². The smallest absolute Gasteiger partial charge is 0.239 e. The molecule has 0 aromatic rings. The number of rotatable bonds is 3. The van der Waals surface area contributed by atoms with Gasteiger partial charge in [-0.05, 0) is 6.42 Å². The Bertz CT molecular complexity index is 191. The lowest BCUT2D eigenvalue weighted by Gasteiger charge is -2.12. The molecule has 60 valence electrons. The van der Waals surface area contributed by atoms with E-state index in [1.54, 1.807) is 20.2 Å². The van der Waals surface area contributed by atoms with Gasteiger partial charge in [-0.25, -0.2) is 0 Å². The van der Waals surface area contributed by atoms with Crippen molar-refractivity contribution in [2.45, 2.75) is 6.42 Å². The summed E-state index contributed by atoms with van der Waals surface area (Å²) in [5.74, 6) is -0.727. The minimum absolute atomic E-state index is 0.160. The maximum absolute atomic E-state index is 11.1. The molecule has 0 aromatic heterocycles. The van der Waals surface area contributed by atoms with Crippen molar-refractivity contribution in [2.75, 3.05) is 14.1 Å². The molecule has 0 aliphatic heterocycles. The Kier molecular flexibility index (Phi) is 3.97. The molecule has 0 aromatic carbocycles. The van der Waals surface area contributed by atoms with Gasteiger partial charge in [0, 0.05) is 14.1 Å². The number of nitrogens with zero attached hydrogens (tertiary/aromatic N) is 2. The summed E-state index contributed by atoms with van der Waals surface area (Å²) in [5, 5.41) is 8.53. The molecule has 0 spiro atoms. The zero-order valence-electron chi connectivity index (χ0n) is 6.87. The van der Waals surface area contributed by atoms with Crippen molar-refractivity contribution in [3.63, 3.8) is 0 Å². The van der Waals surface area contributed by atoms with Gasteiger partial charge in [-0.15, -0.1) is 6.58 Å². The van der Waals surface area contributed by atoms with Crippen LogP contribution in [0.15, 0.2) is 12.7 Å². The van der Waals surface area contributed by atoms with E-state index in [-0.39, 0.29) is 5.91 Å². The summed E-state index contributed by atoms with van der Waals surface area (Å²) in [5.41, 5.74) is 0. The summed E-state index contributed by atoms with van der Waals surface area (Å²) in [6.07, 6.45) is 2.00. The molecular weight excluding hydrogens is 140 g/mol. The van der Waals surface area contributed by atoms with Crippen molar-refractivity contribution >= 4 is 5.91 Å². The molecule has 1 atom stereocenters. The Labute approximate surface area is 66.9 Å². The van der Waals surface area contributed by atoms with Gasteiger partial charge in [0.05, 0.1) is 6.07 Å². The standard InChI is InChI=1S/C8H12N2O/c1-4-5-7(6-9)8(11)10(2)3/h4,7H,1,5H2,2-3H3. The van der Waals surface area contributed by atoms with E-state index in [4.69, 9.17) is 5.26 Å². The fraction of sp³-hybridized carbons (Fsp3) is 0.500. The average Bonchev–Trinajstić information content (AvgIpc) is 1.98. The lowest BCUT2D eigenvalue weighted by molar-refractivity contribution is -0.131. The molecule has 1 unspecified atom stereocenters. The van der Waals surface area contributed by atoms with Crippen LogP contribution in [-0.2, 0) is 4.79 Å². The van der Waals surface area contributed by atoms with Gasteiger partial charge in [0.2, 0.25) is 5.91 Å². The van der Waals surface area contributed by atoms with Gasteiger partial charge < -0.3 is 4.90 Å². The van der Waals surface area contributed by atoms with E-state index in [1.165, 1.54) is 4.90 Å². The summed E-state index contributed by atoms with van der Waals surface area (Å²) < 4.78 is 0. The Balaban J connectivity index is 4.16. The van der Waals surface area contributed by atoms with Gasteiger partial charge in [0.1, 0.15) is 5.92 Å². The number of allylic oxidation sites excluding steroid dienone is 1. The monoisotopic (exact) mass is 152 g/mol. The molecule has 0 fully saturated rings. The Morgan fingerprint density at radius 1 is 1.82 bits per heavy atom. The van der Waals surface area contributed by atoms with Crippen molar-refractivity contribution in [1.29, 1.82) is 5.26 Å². The predicted molar refractivity (Wildman–Crippen MR) is 42.6 cm³/mol. The lowest BCUT2D eigenvalue weighted by Crippen LogP contribution is -2.28. The Morgan fingerprint density at radius 3 is 2.64 bits per heavy atom. The molecule has 3 nitrogen and oxygen atoms in total. The van der Waals surface area contributed by atoms with E-state index in [2.05, 4.69) is 6.58 Å². The molecule has 0 aliphatic carbocycles. The number of carbonyl (C=O) groups excluding carboxylic acids is 1. The second-order valence-electron chi connectivity index (χ2n) is 2.44. The summed E-state index contributed by atoms with van der Waals surface area (Å²) in [6.45, 7) is 3.47. The minimum atomic E-state index is -0.567. The predicted octanol–water partition coefficient (Wildman–Crippen LogP) is 0.790. The third-order valence-electron chi connectivity index (χ3n) is 1.30. The number of amides is 1. The minimum Gasteiger partial charge on any atom is -0.348 e. The molecule has 0 rings (SSSR count). The SMILES string of the molecule is C=CCC(C#N)C(=O)N(C)C. The first-order valence-electron chi connectivity index (χ1n) is 3.35. The second kappa shape index (κ2) is 4.51. The number of nitriles is 1. The molecule has 1 amide bonds. The fourth-order valence-corrected chi connectivity index (χ4v) is 0.687. The van der Waals surface area contributed by atoms with Gasteiger partial charge in [0.15, 0.2) is 0 Å². The highest BCUT2D eigenvalue weighted by Gasteiger charge is 2.17. The Morgan fingerprint density at radius 2 is 2.36 bits per heavy atom. The van der Waals surface area contributed by atoms with Gasteiger partial charge in [-0.1, -0.05) is 6.08 Å². The second-order valence-corrected chi connectivity index (χ2v) is 2.44. The highest BCUT2D eigenvalue weighted by Crippen LogP contribution is 2.04. The summed E-state index contributed by atoms with van der Waals surface area (Å²) in [4.78, 5) is 12.5. The summed E-state index contributed by atoms with van der Waals surface area (Å²) >= 11 is 0. The molecule has 0 bridgehead atoms. The van der Waals surface area contributed by atoms with Crippen LogP contribution in [-0.4, -0.2) is 24.9 Å². The molecule has 0 N–H and O–H groups in total. The maximum Gasteiger partial charge on any atom is 0.239 e. The lowest BCUT2D eigenvalue weighted by atomic mass is 10.1. The zero-order chi connectivity index (χ0) is 8.85. The van der Waals surface area contributed by atoms with Crippen LogP contribution in [0.2, 0.25) is 0 Å². The average molecular weight is 152 g/mol. The van der Waals surface area contributed by atoms with Crippen LogP contribution in [0.5, 0.6) is 0 Å². The van der Waals surface area contributed by atoms with Crippen LogP contribution >= 0.6 is 0 Å². The van der Waals surface area contributed by atoms with Gasteiger partial charge in [-0.3, -0.25) is 4.79 Å². The van der Waals surface area contributed by atoms with Gasteiger partial charge in [0.25, 0.3) is 0 Å². The van der Waals surface area contributed by atoms with Crippen molar-refractivity contribution < 1.29 is 4.79 Å². The number of hydrogen-bond donors (Lipinski definition) is 0. The van der Waals surface area contributed by atoms with Crippen LogP contribution in [0.4, 0.5) is 0 Å². The van der Waals surface area contributed by atoms with E-state index >= 15 is 0 Å². The fourth-order valence-electron chi connectivity index (χ4n) is 0.687. The number of carbonyl (C=O) groups is 1. The summed E-state index contributed by atoms with van der Waals surface area (Å²) in [6, 6.07) is 1.92. The molecule has 3 heteroatoms. The van der Waals surface area contributed by atoms with Crippen molar-refractivity contribution in [2.24, 2.45) is 5.92 Å². The van der Waals surface area contributed by atoms with Gasteiger partial charge >= 0.3 is 0 Å². The van der Waals surface area contributed by atoms with Crippen LogP contribution < -0.4 is 0 Å². The molecule has 0 radical (unpaired) electrons. The molecular formula is C8H12N2O. The third kappa shape index (κ3) is 2.85. The van der Waals surface area contributed by atoms with E-state index in [0.717, 1.165) is 0 Å². The molecule has 0 saturated carbocycles. The zero-order valence-corrected chi connectivity index (χ0v) is 6.87. The van der Waals surface area contributed by atoms with Crippen molar-refractivity contribution in [3.8, 4) is 6.07 Å². The van der Waals surface area contributed by atoms with E-state index in [1.807, 2.05) is 6.07 Å². The highest BCUT2D eigenvalue weighted by molar-refractivity contribution is 5.80. The van der Waals surface area contributed by atoms with Crippen molar-refractivity contribution in [1.82, 2.24) is 4.90 Å². The first-order chi connectivity index (χ1) is 5.13. The highest BCUT2D eigenvalue weighted by atomic mass is 16.2. The maximum atomic E-state index is 11.1. The largest absolute Gasteiger partial charge is 0.348 e. The van der Waals surface area contributed by atoms with Crippen LogP contribution in [0, 0.1) is 17.2 Å².